The number of hydrogen-bond acceptors (Lipinski definition) is 3. The molecule has 0 atom stereocenters. The Kier molecular flexibility index (Phi) is 4.52. The molecule has 0 spiro atoms. The molecule has 0 bridgehead atoms. The van der Waals surface area contributed by atoms with Crippen molar-refractivity contribution in [2.24, 2.45) is 0 Å². The number of nitrogens with zero attached hydrogens (tertiary/aromatic N) is 2. The van der Waals surface area contributed by atoms with Gasteiger partial charge in [-0.15, -0.1) is 11.3 Å². The van der Waals surface area contributed by atoms with Crippen molar-refractivity contribution in [1.82, 2.24) is 15.1 Å². The van der Waals surface area contributed by atoms with Gasteiger partial charge in [0.05, 0.1) is 18.3 Å². The molecule has 2 saturated carbocycles. The highest BCUT2D eigenvalue weighted by Crippen LogP contribution is 2.43. The van der Waals surface area contributed by atoms with Crippen molar-refractivity contribution in [3.8, 4) is 0 Å². The molecule has 2 aromatic heterocycles. The van der Waals surface area contributed by atoms with E-state index < -0.39 is 0 Å². The van der Waals surface area contributed by atoms with Crippen LogP contribution in [0, 0.1) is 0 Å². The van der Waals surface area contributed by atoms with Crippen molar-refractivity contribution < 1.29 is 4.79 Å². The molecule has 2 aromatic rings. The second-order valence-corrected chi connectivity index (χ2v) is 7.76. The van der Waals surface area contributed by atoms with Gasteiger partial charge in [-0.3, -0.25) is 9.48 Å². The molecule has 24 heavy (non-hydrogen) atoms. The highest BCUT2D eigenvalue weighted by molar-refractivity contribution is 7.10. The maximum Gasteiger partial charge on any atom is 0.244 e. The van der Waals surface area contributed by atoms with Gasteiger partial charge in [0.15, 0.2) is 0 Å². The first kappa shape index (κ1) is 15.6. The van der Waals surface area contributed by atoms with E-state index in [1.165, 1.54) is 44.2 Å². The number of nitrogens with one attached hydrogen (secondary N) is 1. The summed E-state index contributed by atoms with van der Waals surface area (Å²) in [7, 11) is 0. The lowest BCUT2D eigenvalue weighted by atomic mass is 10.2. The fourth-order valence-corrected chi connectivity index (χ4v) is 4.07. The Hall–Kier alpha value is -1.88. The number of hydrogen-bond donors (Lipinski definition) is 1. The lowest BCUT2D eigenvalue weighted by Crippen LogP contribution is -2.20. The Morgan fingerprint density at radius 2 is 2.17 bits per heavy atom. The number of rotatable bonds is 6. The molecule has 2 fully saturated rings. The van der Waals surface area contributed by atoms with Crippen molar-refractivity contribution in [1.29, 1.82) is 0 Å². The zero-order chi connectivity index (χ0) is 16.4. The molecular formula is C19H23N3OS. The number of aromatic nitrogens is 2. The maximum absolute atomic E-state index is 12.0. The van der Waals surface area contributed by atoms with Crippen LogP contribution in [-0.4, -0.2) is 15.7 Å². The molecule has 2 aliphatic rings. The van der Waals surface area contributed by atoms with Crippen LogP contribution in [0.5, 0.6) is 0 Å². The Bertz CT molecular complexity index is 722. The van der Waals surface area contributed by atoms with Crippen LogP contribution in [0.25, 0.3) is 6.08 Å². The predicted molar refractivity (Wildman–Crippen MR) is 96.9 cm³/mol. The monoisotopic (exact) mass is 341 g/mol. The second-order valence-electron chi connectivity index (χ2n) is 6.78. The van der Waals surface area contributed by atoms with Gasteiger partial charge in [0.1, 0.15) is 0 Å². The minimum atomic E-state index is -0.0632. The van der Waals surface area contributed by atoms with Crippen LogP contribution in [0.1, 0.15) is 66.7 Å². The first-order chi connectivity index (χ1) is 11.8. The summed E-state index contributed by atoms with van der Waals surface area (Å²) in [6.07, 6.45) is 11.1. The van der Waals surface area contributed by atoms with Crippen molar-refractivity contribution in [2.75, 3.05) is 0 Å². The fraction of sp³-hybridized carbons (Fsp3) is 0.474. The van der Waals surface area contributed by atoms with E-state index in [0.29, 0.717) is 18.5 Å². The Labute approximate surface area is 146 Å². The largest absolute Gasteiger partial charge is 0.347 e. The standard InChI is InChI=1S/C19H23N3OS/c23-19(10-9-17-6-3-11-24-17)20-13-15-12-18(14-7-8-14)22(21-15)16-4-1-2-5-16/h3,6,9-12,14,16H,1-2,4-5,7-8,13H2,(H,20,23). The normalized spacial score (nSPS) is 18.5. The molecule has 126 valence electrons. The minimum absolute atomic E-state index is 0.0632. The first-order valence-electron chi connectivity index (χ1n) is 8.87. The number of carbonyl (C=O) groups excluding carboxylic acids is 1. The molecule has 2 heterocycles. The quantitative estimate of drug-likeness (QED) is 0.798. The Balaban J connectivity index is 1.39. The summed E-state index contributed by atoms with van der Waals surface area (Å²) in [5.74, 6) is 0.632. The molecule has 4 rings (SSSR count). The van der Waals surface area contributed by atoms with E-state index in [1.807, 2.05) is 23.6 Å². The van der Waals surface area contributed by atoms with Crippen LogP contribution >= 0.6 is 11.3 Å². The third kappa shape index (κ3) is 3.61. The molecule has 0 saturated heterocycles. The van der Waals surface area contributed by atoms with Crippen LogP contribution in [0.4, 0.5) is 0 Å². The smallest absolute Gasteiger partial charge is 0.244 e. The molecule has 0 aromatic carbocycles. The minimum Gasteiger partial charge on any atom is -0.347 e. The third-order valence-corrected chi connectivity index (χ3v) is 5.70. The predicted octanol–water partition coefficient (Wildman–Crippen LogP) is 4.27. The highest BCUT2D eigenvalue weighted by Gasteiger charge is 2.31. The van der Waals surface area contributed by atoms with E-state index >= 15 is 0 Å². The molecular weight excluding hydrogens is 318 g/mol. The van der Waals surface area contributed by atoms with Gasteiger partial charge in [0, 0.05) is 22.6 Å². The van der Waals surface area contributed by atoms with E-state index in [0.717, 1.165) is 10.6 Å². The Morgan fingerprint density at radius 3 is 2.88 bits per heavy atom. The lowest BCUT2D eigenvalue weighted by molar-refractivity contribution is -0.116. The summed E-state index contributed by atoms with van der Waals surface area (Å²) in [4.78, 5) is 13.1. The molecule has 0 radical (unpaired) electrons. The summed E-state index contributed by atoms with van der Waals surface area (Å²) in [6.45, 7) is 0.507. The number of thiophene rings is 1. The van der Waals surface area contributed by atoms with Crippen LogP contribution in [0.2, 0.25) is 0 Å². The number of amides is 1. The summed E-state index contributed by atoms with van der Waals surface area (Å²) in [5, 5.41) is 9.78. The second kappa shape index (κ2) is 6.93. The first-order valence-corrected chi connectivity index (χ1v) is 9.75. The summed E-state index contributed by atoms with van der Waals surface area (Å²) < 4.78 is 2.27. The van der Waals surface area contributed by atoms with Gasteiger partial charge in [0.25, 0.3) is 0 Å². The summed E-state index contributed by atoms with van der Waals surface area (Å²) in [6, 6.07) is 6.76. The van der Waals surface area contributed by atoms with Gasteiger partial charge in [0.2, 0.25) is 5.91 Å². The average Bonchev–Trinajstić information content (AvgIpc) is 3.04. The van der Waals surface area contributed by atoms with Crippen LogP contribution in [0.3, 0.4) is 0 Å². The SMILES string of the molecule is O=C(C=Cc1cccs1)NCc1cc(C2CC2)n(C2CCCC2)n1. The topological polar surface area (TPSA) is 46.9 Å². The lowest BCUT2D eigenvalue weighted by Gasteiger charge is -2.13. The van der Waals surface area contributed by atoms with Crippen molar-refractivity contribution in [3.05, 3.63) is 45.9 Å². The van der Waals surface area contributed by atoms with Gasteiger partial charge >= 0.3 is 0 Å². The molecule has 1 N–H and O–H groups in total. The van der Waals surface area contributed by atoms with Gasteiger partial charge in [-0.1, -0.05) is 18.9 Å². The van der Waals surface area contributed by atoms with Crippen LogP contribution in [0.15, 0.2) is 29.7 Å². The summed E-state index contributed by atoms with van der Waals surface area (Å²) in [5.41, 5.74) is 2.38. The fourth-order valence-electron chi connectivity index (χ4n) is 3.45. The van der Waals surface area contributed by atoms with Crippen LogP contribution < -0.4 is 5.32 Å². The van der Waals surface area contributed by atoms with E-state index in [4.69, 9.17) is 5.10 Å². The van der Waals surface area contributed by atoms with Gasteiger partial charge in [-0.2, -0.15) is 5.10 Å². The van der Waals surface area contributed by atoms with Crippen LogP contribution in [-0.2, 0) is 11.3 Å². The molecule has 5 heteroatoms. The van der Waals surface area contributed by atoms with Crippen molar-refractivity contribution in [3.63, 3.8) is 0 Å². The molecule has 4 nitrogen and oxygen atoms in total. The van der Waals surface area contributed by atoms with Crippen molar-refractivity contribution >= 4 is 23.3 Å². The average molecular weight is 341 g/mol. The highest BCUT2D eigenvalue weighted by atomic mass is 32.1. The van der Waals surface area contributed by atoms with Gasteiger partial charge in [-0.05, 0) is 49.3 Å². The Morgan fingerprint density at radius 1 is 1.33 bits per heavy atom. The van der Waals surface area contributed by atoms with E-state index in [-0.39, 0.29) is 5.91 Å². The van der Waals surface area contributed by atoms with E-state index in [9.17, 15) is 4.79 Å². The molecule has 0 unspecified atom stereocenters. The zero-order valence-electron chi connectivity index (χ0n) is 13.8. The van der Waals surface area contributed by atoms with Gasteiger partial charge < -0.3 is 5.32 Å². The molecule has 1 amide bonds. The van der Waals surface area contributed by atoms with Crippen molar-refractivity contribution in [2.45, 2.75) is 57.0 Å². The molecule has 2 aliphatic carbocycles. The number of carbonyl (C=O) groups is 1. The van der Waals surface area contributed by atoms with E-state index in [1.54, 1.807) is 17.4 Å². The maximum atomic E-state index is 12.0. The van der Waals surface area contributed by atoms with Gasteiger partial charge in [-0.25, -0.2) is 0 Å². The molecule has 0 aliphatic heterocycles. The van der Waals surface area contributed by atoms with E-state index in [2.05, 4.69) is 16.1 Å². The third-order valence-electron chi connectivity index (χ3n) is 4.87. The summed E-state index contributed by atoms with van der Waals surface area (Å²) >= 11 is 1.63. The zero-order valence-corrected chi connectivity index (χ0v) is 14.6.